The van der Waals surface area contributed by atoms with Crippen LogP contribution in [0.5, 0.6) is 0 Å². The molecule has 0 aliphatic carbocycles. The van der Waals surface area contributed by atoms with Crippen LogP contribution in [0.1, 0.15) is 12.8 Å². The average molecular weight is 339 g/mol. The van der Waals surface area contributed by atoms with Gasteiger partial charge in [-0.15, -0.1) is 6.58 Å². The van der Waals surface area contributed by atoms with E-state index < -0.39 is 0 Å². The molecule has 0 radical (unpaired) electrons. The number of ether oxygens (including phenoxy) is 1. The number of thiocarbonyl (C=S) groups is 1. The van der Waals surface area contributed by atoms with Crippen LogP contribution in [0.25, 0.3) is 0 Å². The van der Waals surface area contributed by atoms with Gasteiger partial charge in [-0.25, -0.2) is 0 Å². The lowest BCUT2D eigenvalue weighted by atomic mass is 9.76. The Balaban J connectivity index is 1.31. The van der Waals surface area contributed by atoms with E-state index in [1.54, 1.807) is 0 Å². The summed E-state index contributed by atoms with van der Waals surface area (Å²) in [5.74, 6) is 1.52. The van der Waals surface area contributed by atoms with Crippen molar-refractivity contribution in [1.82, 2.24) is 20.4 Å². The molecule has 4 atom stereocenters. The normalized spacial score (nSPS) is 34.1. The van der Waals surface area contributed by atoms with E-state index in [2.05, 4.69) is 33.1 Å². The number of rotatable bonds is 6. The molecule has 5 nitrogen and oxygen atoms in total. The van der Waals surface area contributed by atoms with Crippen LogP contribution in [-0.2, 0) is 4.74 Å². The van der Waals surface area contributed by atoms with Crippen LogP contribution >= 0.6 is 12.2 Å². The van der Waals surface area contributed by atoms with Gasteiger partial charge in [-0.05, 0) is 43.4 Å². The van der Waals surface area contributed by atoms with Gasteiger partial charge in [-0.2, -0.15) is 0 Å². The van der Waals surface area contributed by atoms with E-state index in [4.69, 9.17) is 17.0 Å². The summed E-state index contributed by atoms with van der Waals surface area (Å²) in [4.78, 5) is 5.02. The molecule has 2 bridgehead atoms. The lowest BCUT2D eigenvalue weighted by molar-refractivity contribution is 0.0214. The summed E-state index contributed by atoms with van der Waals surface area (Å²) in [5, 5.41) is 7.55. The van der Waals surface area contributed by atoms with E-state index in [1.165, 1.54) is 25.9 Å². The van der Waals surface area contributed by atoms with Crippen LogP contribution in [-0.4, -0.2) is 80.0 Å². The molecule has 130 valence electrons. The van der Waals surface area contributed by atoms with Crippen LogP contribution in [0.15, 0.2) is 12.7 Å². The van der Waals surface area contributed by atoms with Crippen molar-refractivity contribution in [3.8, 4) is 0 Å². The van der Waals surface area contributed by atoms with Crippen molar-refractivity contribution in [1.29, 1.82) is 0 Å². The Morgan fingerprint density at radius 3 is 2.78 bits per heavy atom. The zero-order valence-corrected chi connectivity index (χ0v) is 14.8. The van der Waals surface area contributed by atoms with Gasteiger partial charge in [-0.1, -0.05) is 6.08 Å². The largest absolute Gasteiger partial charge is 0.379 e. The molecule has 4 aliphatic rings. The first-order chi connectivity index (χ1) is 11.3. The number of nitrogens with zero attached hydrogens (tertiary/aromatic N) is 2. The summed E-state index contributed by atoms with van der Waals surface area (Å²) in [5.41, 5.74) is 0. The molecule has 0 saturated carbocycles. The summed E-state index contributed by atoms with van der Waals surface area (Å²) in [6.07, 6.45) is 4.76. The molecule has 6 heteroatoms. The molecular formula is C17H30N4OS. The fourth-order valence-electron chi connectivity index (χ4n) is 4.08. The van der Waals surface area contributed by atoms with E-state index in [0.29, 0.717) is 12.0 Å². The molecule has 1 unspecified atom stereocenters. The SMILES string of the molecule is C=C[C@H]1CN2CC[C@@H]1C[C@@H]2CNC(=S)NCCN1CCOCC1. The standard InChI is InChI=1S/C17H30N4OS/c1-2-14-13-21-5-3-15(14)11-16(21)12-19-17(23)18-4-6-20-7-9-22-10-8-20/h2,14-16H,1,3-13H2,(H2,18,19,23)/t14-,15+,16+/m0/s1. The first kappa shape index (κ1) is 17.1. The summed E-state index contributed by atoms with van der Waals surface area (Å²) >= 11 is 5.42. The van der Waals surface area contributed by atoms with Crippen molar-refractivity contribution >= 4 is 17.3 Å². The molecule has 4 aliphatic heterocycles. The van der Waals surface area contributed by atoms with Gasteiger partial charge in [0.15, 0.2) is 5.11 Å². The molecule has 0 aromatic carbocycles. The first-order valence-corrected chi connectivity index (χ1v) is 9.35. The molecule has 2 N–H and O–H groups in total. The van der Waals surface area contributed by atoms with Crippen LogP contribution in [0, 0.1) is 11.8 Å². The van der Waals surface area contributed by atoms with Gasteiger partial charge in [0.1, 0.15) is 0 Å². The minimum atomic E-state index is 0.629. The quantitative estimate of drug-likeness (QED) is 0.548. The third-order valence-electron chi connectivity index (χ3n) is 5.55. The molecule has 23 heavy (non-hydrogen) atoms. The Morgan fingerprint density at radius 1 is 1.26 bits per heavy atom. The van der Waals surface area contributed by atoms with Gasteiger partial charge in [0.25, 0.3) is 0 Å². The number of fused-ring (bicyclic) bond motifs is 3. The minimum Gasteiger partial charge on any atom is -0.379 e. The summed E-state index contributed by atoms with van der Waals surface area (Å²) in [7, 11) is 0. The topological polar surface area (TPSA) is 39.8 Å². The second-order valence-electron chi connectivity index (χ2n) is 6.92. The lowest BCUT2D eigenvalue weighted by Gasteiger charge is -2.49. The molecule has 4 rings (SSSR count). The highest BCUT2D eigenvalue weighted by Gasteiger charge is 2.38. The van der Waals surface area contributed by atoms with E-state index in [-0.39, 0.29) is 0 Å². The maximum atomic E-state index is 5.42. The Labute approximate surface area is 145 Å². The van der Waals surface area contributed by atoms with Crippen molar-refractivity contribution in [2.24, 2.45) is 11.8 Å². The Bertz CT molecular complexity index is 413. The molecule has 0 aromatic heterocycles. The van der Waals surface area contributed by atoms with E-state index in [0.717, 1.165) is 57.0 Å². The van der Waals surface area contributed by atoms with E-state index in [9.17, 15) is 0 Å². The van der Waals surface area contributed by atoms with Crippen LogP contribution in [0.3, 0.4) is 0 Å². The third kappa shape index (κ3) is 4.66. The Hall–Kier alpha value is -0.690. The molecule has 0 aromatic rings. The highest BCUT2D eigenvalue weighted by atomic mass is 32.1. The summed E-state index contributed by atoms with van der Waals surface area (Å²) in [6, 6.07) is 0.629. The third-order valence-corrected chi connectivity index (χ3v) is 5.84. The van der Waals surface area contributed by atoms with Gasteiger partial charge in [-0.3, -0.25) is 9.80 Å². The van der Waals surface area contributed by atoms with Crippen molar-refractivity contribution in [2.75, 3.05) is 59.0 Å². The van der Waals surface area contributed by atoms with Gasteiger partial charge in [0.05, 0.1) is 13.2 Å². The fourth-order valence-corrected chi connectivity index (χ4v) is 4.27. The summed E-state index contributed by atoms with van der Waals surface area (Å²) in [6.45, 7) is 13.1. The maximum absolute atomic E-state index is 5.42. The van der Waals surface area contributed by atoms with Crippen LogP contribution in [0.4, 0.5) is 0 Å². The number of nitrogens with one attached hydrogen (secondary N) is 2. The highest BCUT2D eigenvalue weighted by Crippen LogP contribution is 2.36. The van der Waals surface area contributed by atoms with Gasteiger partial charge in [0.2, 0.25) is 0 Å². The molecule has 4 saturated heterocycles. The Morgan fingerprint density at radius 2 is 2.09 bits per heavy atom. The van der Waals surface area contributed by atoms with Crippen molar-refractivity contribution in [3.63, 3.8) is 0 Å². The second kappa shape index (κ2) is 8.42. The predicted molar refractivity (Wildman–Crippen MR) is 97.6 cm³/mol. The van der Waals surface area contributed by atoms with Gasteiger partial charge in [0, 0.05) is 45.3 Å². The Kier molecular flexibility index (Phi) is 6.28. The summed E-state index contributed by atoms with van der Waals surface area (Å²) < 4.78 is 5.36. The molecule has 0 amide bonds. The average Bonchev–Trinajstić information content (AvgIpc) is 2.61. The predicted octanol–water partition coefficient (Wildman–Crippen LogP) is 0.679. The highest BCUT2D eigenvalue weighted by molar-refractivity contribution is 7.80. The molecule has 4 heterocycles. The van der Waals surface area contributed by atoms with Crippen molar-refractivity contribution in [3.05, 3.63) is 12.7 Å². The molecular weight excluding hydrogens is 308 g/mol. The van der Waals surface area contributed by atoms with Gasteiger partial charge < -0.3 is 15.4 Å². The zero-order chi connectivity index (χ0) is 16.1. The number of hydrogen-bond donors (Lipinski definition) is 2. The van der Waals surface area contributed by atoms with Crippen molar-refractivity contribution in [2.45, 2.75) is 18.9 Å². The minimum absolute atomic E-state index is 0.629. The smallest absolute Gasteiger partial charge is 0.166 e. The fraction of sp³-hybridized carbons (Fsp3) is 0.824. The first-order valence-electron chi connectivity index (χ1n) is 8.94. The van der Waals surface area contributed by atoms with Crippen molar-refractivity contribution < 1.29 is 4.74 Å². The number of piperidine rings is 3. The molecule has 0 spiro atoms. The van der Waals surface area contributed by atoms with E-state index in [1.807, 2.05) is 0 Å². The van der Waals surface area contributed by atoms with Crippen LogP contribution < -0.4 is 10.6 Å². The molecule has 4 fully saturated rings. The second-order valence-corrected chi connectivity index (χ2v) is 7.33. The lowest BCUT2D eigenvalue weighted by Crippen LogP contribution is -2.57. The number of morpholine rings is 1. The van der Waals surface area contributed by atoms with Crippen LogP contribution in [0.2, 0.25) is 0 Å². The van der Waals surface area contributed by atoms with E-state index >= 15 is 0 Å². The van der Waals surface area contributed by atoms with Gasteiger partial charge >= 0.3 is 0 Å². The zero-order valence-electron chi connectivity index (χ0n) is 14.0. The number of hydrogen-bond acceptors (Lipinski definition) is 4. The maximum Gasteiger partial charge on any atom is 0.166 e. The monoisotopic (exact) mass is 338 g/mol.